The number of aliphatic hydroxyl groups excluding tert-OH is 1. The average Bonchev–Trinajstić information content (AvgIpc) is 2.16. The molecule has 1 rings (SSSR count). The third-order valence-corrected chi connectivity index (χ3v) is 1.62. The second-order valence-corrected chi connectivity index (χ2v) is 2.76. The lowest BCUT2D eigenvalue weighted by molar-refractivity contribution is 0.284. The number of halogens is 1. The van der Waals surface area contributed by atoms with Crippen molar-refractivity contribution in [1.29, 1.82) is 0 Å². The number of hydrogen-bond donors (Lipinski definition) is 2. The van der Waals surface area contributed by atoms with Crippen LogP contribution in [0.3, 0.4) is 0 Å². The highest BCUT2D eigenvalue weighted by Crippen LogP contribution is 2.04. The first kappa shape index (κ1) is 9.89. The van der Waals surface area contributed by atoms with Gasteiger partial charge in [0.15, 0.2) is 0 Å². The van der Waals surface area contributed by atoms with Crippen molar-refractivity contribution in [2.24, 2.45) is 5.73 Å². The van der Waals surface area contributed by atoms with E-state index in [1.165, 1.54) is 12.1 Å². The second kappa shape index (κ2) is 4.74. The van der Waals surface area contributed by atoms with E-state index in [0.717, 1.165) is 5.56 Å². The summed E-state index contributed by atoms with van der Waals surface area (Å²) in [5, 5.41) is 8.62. The summed E-state index contributed by atoms with van der Waals surface area (Å²) < 4.78 is 12.5. The summed E-state index contributed by atoms with van der Waals surface area (Å²) >= 11 is 0. The molecular formula is C10H12FNO. The molecule has 0 amide bonds. The molecule has 0 spiro atoms. The van der Waals surface area contributed by atoms with Crippen molar-refractivity contribution in [1.82, 2.24) is 0 Å². The highest BCUT2D eigenvalue weighted by atomic mass is 19.1. The quantitative estimate of drug-likeness (QED) is 0.735. The second-order valence-electron chi connectivity index (χ2n) is 2.76. The lowest BCUT2D eigenvalue weighted by atomic mass is 10.2. The standard InChI is InChI=1S/C10H12FNO/c11-9-4-1-8(2-5-9)3-6-10(12)7-13/h1-6,10,13H,7,12H2/b6-3+. The number of benzene rings is 1. The molecule has 1 unspecified atom stereocenters. The summed E-state index contributed by atoms with van der Waals surface area (Å²) in [6.45, 7) is -0.0856. The van der Waals surface area contributed by atoms with Crippen LogP contribution in [0.2, 0.25) is 0 Å². The maximum atomic E-state index is 12.5. The summed E-state index contributed by atoms with van der Waals surface area (Å²) in [6, 6.07) is 5.70. The minimum Gasteiger partial charge on any atom is -0.394 e. The van der Waals surface area contributed by atoms with Crippen LogP contribution in [0.1, 0.15) is 5.56 Å². The van der Waals surface area contributed by atoms with Crippen molar-refractivity contribution in [3.05, 3.63) is 41.7 Å². The molecular weight excluding hydrogens is 169 g/mol. The van der Waals surface area contributed by atoms with Crippen LogP contribution in [-0.2, 0) is 0 Å². The zero-order chi connectivity index (χ0) is 9.68. The smallest absolute Gasteiger partial charge is 0.123 e. The van der Waals surface area contributed by atoms with Gasteiger partial charge in [-0.05, 0) is 17.7 Å². The first-order valence-electron chi connectivity index (χ1n) is 4.02. The van der Waals surface area contributed by atoms with E-state index in [0.29, 0.717) is 0 Å². The van der Waals surface area contributed by atoms with Gasteiger partial charge < -0.3 is 10.8 Å². The van der Waals surface area contributed by atoms with Gasteiger partial charge in [-0.2, -0.15) is 0 Å². The lowest BCUT2D eigenvalue weighted by Gasteiger charge is -1.99. The third-order valence-electron chi connectivity index (χ3n) is 1.62. The molecule has 0 aliphatic carbocycles. The fourth-order valence-corrected chi connectivity index (χ4v) is 0.869. The van der Waals surface area contributed by atoms with Gasteiger partial charge in [-0.1, -0.05) is 24.3 Å². The van der Waals surface area contributed by atoms with Crippen molar-refractivity contribution < 1.29 is 9.50 Å². The number of nitrogens with two attached hydrogens (primary N) is 1. The first-order valence-corrected chi connectivity index (χ1v) is 4.02. The Labute approximate surface area is 76.5 Å². The van der Waals surface area contributed by atoms with E-state index in [1.807, 2.05) is 0 Å². The Morgan fingerprint density at radius 2 is 2.00 bits per heavy atom. The molecule has 0 heterocycles. The topological polar surface area (TPSA) is 46.2 Å². The summed E-state index contributed by atoms with van der Waals surface area (Å²) in [4.78, 5) is 0. The predicted molar refractivity (Wildman–Crippen MR) is 50.5 cm³/mol. The molecule has 0 saturated carbocycles. The van der Waals surface area contributed by atoms with Crippen LogP contribution >= 0.6 is 0 Å². The van der Waals surface area contributed by atoms with Gasteiger partial charge >= 0.3 is 0 Å². The van der Waals surface area contributed by atoms with Crippen molar-refractivity contribution in [2.75, 3.05) is 6.61 Å². The molecule has 1 aromatic rings. The van der Waals surface area contributed by atoms with Crippen LogP contribution in [0.4, 0.5) is 4.39 Å². The minimum absolute atomic E-state index is 0.0856. The Bertz CT molecular complexity index is 281. The van der Waals surface area contributed by atoms with E-state index < -0.39 is 0 Å². The first-order chi connectivity index (χ1) is 6.22. The highest BCUT2D eigenvalue weighted by molar-refractivity contribution is 5.49. The fraction of sp³-hybridized carbons (Fsp3) is 0.200. The van der Waals surface area contributed by atoms with E-state index in [4.69, 9.17) is 10.8 Å². The Balaban J connectivity index is 2.64. The van der Waals surface area contributed by atoms with Crippen molar-refractivity contribution in [3.63, 3.8) is 0 Å². The van der Waals surface area contributed by atoms with Gasteiger partial charge in [-0.3, -0.25) is 0 Å². The van der Waals surface area contributed by atoms with Crippen molar-refractivity contribution in [3.8, 4) is 0 Å². The fourth-order valence-electron chi connectivity index (χ4n) is 0.869. The zero-order valence-electron chi connectivity index (χ0n) is 7.15. The predicted octanol–water partition coefficient (Wildman–Crippen LogP) is 1.16. The number of rotatable bonds is 3. The van der Waals surface area contributed by atoms with E-state index in [9.17, 15) is 4.39 Å². The van der Waals surface area contributed by atoms with Crippen molar-refractivity contribution in [2.45, 2.75) is 6.04 Å². The SMILES string of the molecule is NC(/C=C/c1ccc(F)cc1)CO. The van der Waals surface area contributed by atoms with E-state index in [2.05, 4.69) is 0 Å². The van der Waals surface area contributed by atoms with Crippen molar-refractivity contribution >= 4 is 6.08 Å². The Morgan fingerprint density at radius 3 is 2.54 bits per heavy atom. The molecule has 0 aliphatic heterocycles. The minimum atomic E-state index is -0.356. The van der Waals surface area contributed by atoms with Gasteiger partial charge in [0.2, 0.25) is 0 Å². The van der Waals surface area contributed by atoms with Crippen LogP contribution in [0.5, 0.6) is 0 Å². The highest BCUT2D eigenvalue weighted by Gasteiger charge is 1.93. The molecule has 3 heteroatoms. The van der Waals surface area contributed by atoms with Crippen LogP contribution in [0.25, 0.3) is 6.08 Å². The molecule has 0 bridgehead atoms. The third kappa shape index (κ3) is 3.36. The van der Waals surface area contributed by atoms with E-state index >= 15 is 0 Å². The van der Waals surface area contributed by atoms with Gasteiger partial charge in [0.1, 0.15) is 5.82 Å². The molecule has 13 heavy (non-hydrogen) atoms. The van der Waals surface area contributed by atoms with Crippen LogP contribution in [0, 0.1) is 5.82 Å². The number of aliphatic hydroxyl groups is 1. The maximum Gasteiger partial charge on any atom is 0.123 e. The molecule has 1 aromatic carbocycles. The maximum absolute atomic E-state index is 12.5. The summed E-state index contributed by atoms with van der Waals surface area (Å²) in [7, 11) is 0. The molecule has 0 saturated heterocycles. The van der Waals surface area contributed by atoms with E-state index in [1.54, 1.807) is 24.3 Å². The van der Waals surface area contributed by atoms with Gasteiger partial charge in [-0.25, -0.2) is 4.39 Å². The summed E-state index contributed by atoms with van der Waals surface area (Å²) in [6.07, 6.45) is 3.42. The molecule has 0 fully saturated rings. The monoisotopic (exact) mass is 181 g/mol. The van der Waals surface area contributed by atoms with Gasteiger partial charge in [0.05, 0.1) is 6.61 Å². The molecule has 0 aliphatic rings. The summed E-state index contributed by atoms with van der Waals surface area (Å²) in [5.41, 5.74) is 6.31. The van der Waals surface area contributed by atoms with E-state index in [-0.39, 0.29) is 18.5 Å². The lowest BCUT2D eigenvalue weighted by Crippen LogP contribution is -2.20. The number of hydrogen-bond acceptors (Lipinski definition) is 2. The average molecular weight is 181 g/mol. The van der Waals surface area contributed by atoms with Gasteiger partial charge in [0, 0.05) is 6.04 Å². The molecule has 70 valence electrons. The summed E-state index contributed by atoms with van der Waals surface area (Å²) in [5.74, 6) is -0.261. The van der Waals surface area contributed by atoms with Crippen LogP contribution < -0.4 is 5.73 Å². The molecule has 2 nitrogen and oxygen atoms in total. The molecule has 0 aromatic heterocycles. The van der Waals surface area contributed by atoms with Gasteiger partial charge in [0.25, 0.3) is 0 Å². The van der Waals surface area contributed by atoms with Crippen LogP contribution in [-0.4, -0.2) is 17.8 Å². The Morgan fingerprint density at radius 1 is 1.38 bits per heavy atom. The Hall–Kier alpha value is -1.19. The van der Waals surface area contributed by atoms with Crippen LogP contribution in [0.15, 0.2) is 30.3 Å². The molecule has 3 N–H and O–H groups in total. The molecule has 0 radical (unpaired) electrons. The molecule has 1 atom stereocenters. The van der Waals surface area contributed by atoms with Gasteiger partial charge in [-0.15, -0.1) is 0 Å². The Kier molecular flexibility index (Phi) is 3.61. The largest absolute Gasteiger partial charge is 0.394 e. The normalized spacial score (nSPS) is 13.5. The zero-order valence-corrected chi connectivity index (χ0v) is 7.15.